The maximum absolute atomic E-state index is 12.8. The predicted molar refractivity (Wildman–Crippen MR) is 114 cm³/mol. The van der Waals surface area contributed by atoms with Crippen LogP contribution in [0.25, 0.3) is 16.7 Å². The highest BCUT2D eigenvalue weighted by atomic mass is 16.5. The van der Waals surface area contributed by atoms with Crippen molar-refractivity contribution in [3.63, 3.8) is 0 Å². The summed E-state index contributed by atoms with van der Waals surface area (Å²) in [6, 6.07) is 16.8. The second-order valence-corrected chi connectivity index (χ2v) is 6.90. The number of rotatable bonds is 4. The normalized spacial score (nSPS) is 10.6. The van der Waals surface area contributed by atoms with Crippen LogP contribution in [0.1, 0.15) is 27.0 Å². The molecule has 7 nitrogen and oxygen atoms in total. The number of aromatic nitrogens is 3. The fourth-order valence-electron chi connectivity index (χ4n) is 3.26. The van der Waals surface area contributed by atoms with Gasteiger partial charge < -0.3 is 10.1 Å². The largest absolute Gasteiger partial charge is 0.494 e. The zero-order chi connectivity index (χ0) is 21.3. The first-order valence-electron chi connectivity index (χ1n) is 9.32. The average Bonchev–Trinajstić information content (AvgIpc) is 3.16. The van der Waals surface area contributed by atoms with E-state index in [9.17, 15) is 10.1 Å². The molecule has 0 aliphatic heterocycles. The molecule has 0 saturated carbocycles. The lowest BCUT2D eigenvalue weighted by atomic mass is 10.1. The highest BCUT2D eigenvalue weighted by molar-refractivity contribution is 6.04. The van der Waals surface area contributed by atoms with Crippen LogP contribution in [0.2, 0.25) is 0 Å². The number of ether oxygens (including phenoxy) is 1. The van der Waals surface area contributed by atoms with Gasteiger partial charge in [-0.15, -0.1) is 0 Å². The van der Waals surface area contributed by atoms with Crippen LogP contribution in [0.4, 0.5) is 5.82 Å². The zero-order valence-corrected chi connectivity index (χ0v) is 16.8. The Morgan fingerprint density at radius 1 is 1.17 bits per heavy atom. The Labute approximate surface area is 173 Å². The lowest BCUT2D eigenvalue weighted by Crippen LogP contribution is -2.16. The van der Waals surface area contributed by atoms with Gasteiger partial charge in [0.2, 0.25) is 0 Å². The molecule has 1 N–H and O–H groups in total. The van der Waals surface area contributed by atoms with Crippen molar-refractivity contribution in [3.05, 3.63) is 77.0 Å². The van der Waals surface area contributed by atoms with E-state index in [4.69, 9.17) is 9.72 Å². The summed E-state index contributed by atoms with van der Waals surface area (Å²) in [5.74, 6) is 1.05. The lowest BCUT2D eigenvalue weighted by molar-refractivity contribution is 0.102. The molecule has 4 aromatic rings. The number of carbonyl (C=O) groups is 1. The summed E-state index contributed by atoms with van der Waals surface area (Å²) in [6.45, 7) is 3.92. The number of amides is 1. The smallest absolute Gasteiger partial charge is 0.256 e. The highest BCUT2D eigenvalue weighted by Crippen LogP contribution is 2.29. The first-order valence-corrected chi connectivity index (χ1v) is 9.32. The molecule has 0 radical (unpaired) electrons. The molecule has 2 heterocycles. The van der Waals surface area contributed by atoms with Crippen LogP contribution in [0.3, 0.4) is 0 Å². The Morgan fingerprint density at radius 3 is 2.63 bits per heavy atom. The molecule has 7 heteroatoms. The van der Waals surface area contributed by atoms with Gasteiger partial charge in [0.25, 0.3) is 5.91 Å². The highest BCUT2D eigenvalue weighted by Gasteiger charge is 2.18. The molecule has 2 aromatic heterocycles. The van der Waals surface area contributed by atoms with Crippen molar-refractivity contribution >= 4 is 22.6 Å². The first kappa shape index (κ1) is 19.2. The van der Waals surface area contributed by atoms with E-state index in [1.54, 1.807) is 19.2 Å². The third kappa shape index (κ3) is 3.35. The molecule has 0 fully saturated rings. The number of carbonyl (C=O) groups excluding carboxylic acids is 1. The Balaban J connectivity index is 1.81. The van der Waals surface area contributed by atoms with E-state index < -0.39 is 0 Å². The van der Waals surface area contributed by atoms with Gasteiger partial charge in [0, 0.05) is 10.9 Å². The molecule has 2 aromatic carbocycles. The quantitative estimate of drug-likeness (QED) is 0.558. The summed E-state index contributed by atoms with van der Waals surface area (Å²) in [6.07, 6.45) is 1.41. The van der Waals surface area contributed by atoms with Gasteiger partial charge in [-0.1, -0.05) is 29.8 Å². The summed E-state index contributed by atoms with van der Waals surface area (Å²) >= 11 is 0. The zero-order valence-electron chi connectivity index (χ0n) is 16.8. The molecule has 30 heavy (non-hydrogen) atoms. The first-order chi connectivity index (χ1) is 14.5. The number of fused-ring (bicyclic) bond motifs is 1. The minimum atomic E-state index is -0.330. The van der Waals surface area contributed by atoms with Crippen molar-refractivity contribution in [2.24, 2.45) is 0 Å². The Morgan fingerprint density at radius 2 is 1.93 bits per heavy atom. The molecule has 0 spiro atoms. The topological polar surface area (TPSA) is 92.8 Å². The summed E-state index contributed by atoms with van der Waals surface area (Å²) < 4.78 is 6.91. The van der Waals surface area contributed by atoms with E-state index >= 15 is 0 Å². The van der Waals surface area contributed by atoms with E-state index in [0.29, 0.717) is 22.6 Å². The van der Waals surface area contributed by atoms with E-state index in [1.165, 1.54) is 10.9 Å². The van der Waals surface area contributed by atoms with Crippen LogP contribution in [0.15, 0.2) is 54.7 Å². The number of anilines is 1. The predicted octanol–water partition coefficient (Wildman–Crippen LogP) is 4.17. The average molecular weight is 397 g/mol. The summed E-state index contributed by atoms with van der Waals surface area (Å²) in [5.41, 5.74) is 3.44. The van der Waals surface area contributed by atoms with Gasteiger partial charge in [-0.3, -0.25) is 4.79 Å². The minimum Gasteiger partial charge on any atom is -0.494 e. The number of nitriles is 1. The fraction of sp³-hybridized carbons (Fsp3) is 0.130. The van der Waals surface area contributed by atoms with E-state index in [2.05, 4.69) is 16.5 Å². The van der Waals surface area contributed by atoms with Gasteiger partial charge in [-0.05, 0) is 43.7 Å². The second-order valence-electron chi connectivity index (χ2n) is 6.90. The van der Waals surface area contributed by atoms with Crippen molar-refractivity contribution in [2.75, 3.05) is 12.4 Å². The van der Waals surface area contributed by atoms with Crippen molar-refractivity contribution in [1.82, 2.24) is 14.8 Å². The van der Waals surface area contributed by atoms with E-state index in [1.807, 2.05) is 50.2 Å². The molecule has 0 bridgehead atoms. The van der Waals surface area contributed by atoms with E-state index in [0.717, 1.165) is 16.5 Å². The fourth-order valence-corrected chi connectivity index (χ4v) is 3.26. The number of nitrogens with one attached hydrogen (secondary N) is 1. The number of benzene rings is 2. The molecular weight excluding hydrogens is 378 g/mol. The van der Waals surface area contributed by atoms with Crippen LogP contribution >= 0.6 is 0 Å². The van der Waals surface area contributed by atoms with Crippen LogP contribution in [-0.2, 0) is 0 Å². The molecule has 0 unspecified atom stereocenters. The van der Waals surface area contributed by atoms with Crippen LogP contribution < -0.4 is 10.1 Å². The SMILES string of the molecule is COc1cccc2c(C)cc(-n3ncc(C#N)c3NC(=O)c3ccc(C)cc3)nc12. The van der Waals surface area contributed by atoms with Gasteiger partial charge >= 0.3 is 0 Å². The summed E-state index contributed by atoms with van der Waals surface area (Å²) in [4.78, 5) is 17.4. The molecule has 0 aliphatic carbocycles. The number of methoxy groups -OCH3 is 1. The minimum absolute atomic E-state index is 0.245. The van der Waals surface area contributed by atoms with Crippen molar-refractivity contribution in [1.29, 1.82) is 5.26 Å². The molecule has 0 atom stereocenters. The number of hydrogen-bond donors (Lipinski definition) is 1. The van der Waals surface area contributed by atoms with Gasteiger partial charge in [0.15, 0.2) is 11.6 Å². The summed E-state index contributed by atoms with van der Waals surface area (Å²) in [5, 5.41) is 17.6. The lowest BCUT2D eigenvalue weighted by Gasteiger charge is -2.12. The van der Waals surface area contributed by atoms with E-state index in [-0.39, 0.29) is 17.3 Å². The standard InChI is InChI=1S/C23H19N5O2/c1-14-7-9-16(10-8-14)23(29)27-22-17(12-24)13-25-28(22)20-11-15(2)18-5-4-6-19(30-3)21(18)26-20/h4-11,13H,1-3H3,(H,27,29). The molecule has 148 valence electrons. The van der Waals surface area contributed by atoms with Gasteiger partial charge in [0.05, 0.1) is 13.3 Å². The monoisotopic (exact) mass is 397 g/mol. The molecule has 4 rings (SSSR count). The van der Waals surface area contributed by atoms with Gasteiger partial charge in [0.1, 0.15) is 22.9 Å². The van der Waals surface area contributed by atoms with Crippen LogP contribution in [-0.4, -0.2) is 27.8 Å². The number of pyridine rings is 1. The third-order valence-corrected chi connectivity index (χ3v) is 4.87. The Hall–Kier alpha value is -4.18. The van der Waals surface area contributed by atoms with Crippen molar-refractivity contribution in [2.45, 2.75) is 13.8 Å². The van der Waals surface area contributed by atoms with Crippen molar-refractivity contribution in [3.8, 4) is 17.6 Å². The maximum Gasteiger partial charge on any atom is 0.256 e. The molecular formula is C23H19N5O2. The number of nitrogens with zero attached hydrogens (tertiary/aromatic N) is 4. The van der Waals surface area contributed by atoms with Gasteiger partial charge in [-0.25, -0.2) is 4.98 Å². The molecule has 0 saturated heterocycles. The second kappa shape index (κ2) is 7.68. The van der Waals surface area contributed by atoms with Gasteiger partial charge in [-0.2, -0.15) is 15.0 Å². The number of para-hydroxylation sites is 1. The number of aryl methyl sites for hydroxylation is 2. The maximum atomic E-state index is 12.8. The van der Waals surface area contributed by atoms with Crippen molar-refractivity contribution < 1.29 is 9.53 Å². The Bertz CT molecular complexity index is 1300. The Kier molecular flexibility index (Phi) is 4.90. The van der Waals surface area contributed by atoms with Crippen LogP contribution in [0, 0.1) is 25.2 Å². The number of hydrogen-bond acceptors (Lipinski definition) is 5. The summed E-state index contributed by atoms with van der Waals surface area (Å²) in [7, 11) is 1.59. The third-order valence-electron chi connectivity index (χ3n) is 4.87. The van der Waals surface area contributed by atoms with Crippen LogP contribution in [0.5, 0.6) is 5.75 Å². The molecule has 1 amide bonds. The molecule has 0 aliphatic rings.